The highest BCUT2D eigenvalue weighted by Crippen LogP contribution is 2.27. The van der Waals surface area contributed by atoms with Crippen molar-refractivity contribution in [2.75, 3.05) is 0 Å². The summed E-state index contributed by atoms with van der Waals surface area (Å²) < 4.78 is 4.82. The number of carbonyl (C=O) groups is 2. The lowest BCUT2D eigenvalue weighted by Crippen LogP contribution is -2.06. The van der Waals surface area contributed by atoms with Gasteiger partial charge in [0.25, 0.3) is 0 Å². The summed E-state index contributed by atoms with van der Waals surface area (Å²) >= 11 is 0. The van der Waals surface area contributed by atoms with E-state index in [1.165, 1.54) is 6.92 Å². The molecule has 0 fully saturated rings. The van der Waals surface area contributed by atoms with Gasteiger partial charge in [0.05, 0.1) is 0 Å². The molecule has 0 aliphatic carbocycles. The fraction of sp³-hybridized carbons (Fsp3) is 0.0909. The third kappa shape index (κ3) is 1.63. The van der Waals surface area contributed by atoms with E-state index in [2.05, 4.69) is 4.98 Å². The lowest BCUT2D eigenvalue weighted by molar-refractivity contribution is -0.132. The summed E-state index contributed by atoms with van der Waals surface area (Å²) in [6, 6.07) is 6.86. The second kappa shape index (κ2) is 3.69. The number of carbonyl (C=O) groups excluding carboxylic acids is 1. The average molecular weight is 219 g/mol. The van der Waals surface area contributed by atoms with Crippen molar-refractivity contribution in [3.05, 3.63) is 29.8 Å². The minimum Gasteiger partial charge on any atom is -0.477 e. The van der Waals surface area contributed by atoms with Crippen LogP contribution in [0.4, 0.5) is 0 Å². The van der Waals surface area contributed by atoms with E-state index in [1.807, 2.05) is 0 Å². The maximum Gasteiger partial charge on any atom is 0.341 e. The highest BCUT2D eigenvalue weighted by atomic mass is 16.5. The molecule has 2 N–H and O–H groups in total. The zero-order chi connectivity index (χ0) is 11.7. The predicted octanol–water partition coefficient (Wildman–Crippen LogP) is 1.79. The number of nitrogens with one attached hydrogen (secondary N) is 1. The molecule has 0 spiro atoms. The normalized spacial score (nSPS) is 10.3. The van der Waals surface area contributed by atoms with Crippen LogP contribution in [0, 0.1) is 0 Å². The zero-order valence-corrected chi connectivity index (χ0v) is 8.48. The van der Waals surface area contributed by atoms with Gasteiger partial charge in [-0.25, -0.2) is 4.79 Å². The lowest BCUT2D eigenvalue weighted by atomic mass is 10.2. The van der Waals surface area contributed by atoms with Crippen LogP contribution < -0.4 is 4.74 Å². The van der Waals surface area contributed by atoms with Crippen molar-refractivity contribution >= 4 is 22.8 Å². The number of hydrogen-bond acceptors (Lipinski definition) is 3. The number of ether oxygens (including phenoxy) is 1. The van der Waals surface area contributed by atoms with Gasteiger partial charge in [0.1, 0.15) is 5.56 Å². The Morgan fingerprint density at radius 2 is 2.00 bits per heavy atom. The Balaban J connectivity index is 2.68. The summed E-state index contributed by atoms with van der Waals surface area (Å²) in [7, 11) is 0. The molecule has 0 aliphatic heterocycles. The number of H-pyrrole nitrogens is 1. The van der Waals surface area contributed by atoms with Gasteiger partial charge in [-0.15, -0.1) is 0 Å². The van der Waals surface area contributed by atoms with Gasteiger partial charge >= 0.3 is 11.9 Å². The van der Waals surface area contributed by atoms with E-state index in [1.54, 1.807) is 24.3 Å². The molecular formula is C11H9NO4. The van der Waals surface area contributed by atoms with Gasteiger partial charge in [-0.05, 0) is 6.07 Å². The van der Waals surface area contributed by atoms with E-state index >= 15 is 0 Å². The Morgan fingerprint density at radius 3 is 2.62 bits per heavy atom. The van der Waals surface area contributed by atoms with E-state index in [0.29, 0.717) is 10.9 Å². The molecule has 0 saturated heterocycles. The topological polar surface area (TPSA) is 79.4 Å². The van der Waals surface area contributed by atoms with Gasteiger partial charge in [-0.1, -0.05) is 18.2 Å². The highest BCUT2D eigenvalue weighted by molar-refractivity contribution is 6.06. The highest BCUT2D eigenvalue weighted by Gasteiger charge is 2.19. The average Bonchev–Trinajstić information content (AvgIpc) is 2.53. The van der Waals surface area contributed by atoms with E-state index < -0.39 is 11.9 Å². The number of aromatic carboxylic acids is 1. The summed E-state index contributed by atoms with van der Waals surface area (Å²) in [4.78, 5) is 24.6. The molecule has 82 valence electrons. The molecule has 2 aromatic rings. The van der Waals surface area contributed by atoms with Crippen LogP contribution in [0.25, 0.3) is 10.9 Å². The number of para-hydroxylation sites is 1. The van der Waals surface area contributed by atoms with E-state index in [-0.39, 0.29) is 11.4 Å². The molecule has 0 bridgehead atoms. The van der Waals surface area contributed by atoms with Gasteiger partial charge in [0.2, 0.25) is 5.88 Å². The number of esters is 1. The summed E-state index contributed by atoms with van der Waals surface area (Å²) in [5, 5.41) is 9.57. The first-order valence-corrected chi connectivity index (χ1v) is 4.62. The van der Waals surface area contributed by atoms with Crippen LogP contribution in [-0.2, 0) is 4.79 Å². The van der Waals surface area contributed by atoms with Crippen molar-refractivity contribution in [1.29, 1.82) is 0 Å². The van der Waals surface area contributed by atoms with E-state index in [9.17, 15) is 9.59 Å². The summed E-state index contributed by atoms with van der Waals surface area (Å²) in [5.74, 6) is -1.72. The van der Waals surface area contributed by atoms with Gasteiger partial charge in [0.15, 0.2) is 0 Å². The molecule has 2 rings (SSSR count). The van der Waals surface area contributed by atoms with Crippen molar-refractivity contribution < 1.29 is 19.4 Å². The molecule has 1 aromatic carbocycles. The number of carboxylic acid groups (broad SMARTS) is 1. The maximum atomic E-state index is 11.1. The monoisotopic (exact) mass is 219 g/mol. The molecule has 1 aromatic heterocycles. The van der Waals surface area contributed by atoms with Crippen LogP contribution in [0.1, 0.15) is 17.3 Å². The Morgan fingerprint density at radius 1 is 1.31 bits per heavy atom. The number of fused-ring (bicyclic) bond motifs is 1. The molecule has 5 nitrogen and oxygen atoms in total. The van der Waals surface area contributed by atoms with Gasteiger partial charge < -0.3 is 14.8 Å². The SMILES string of the molecule is CC(=O)Oc1[nH]c2ccccc2c1C(=O)O. The first kappa shape index (κ1) is 10.2. The second-order valence-electron chi connectivity index (χ2n) is 3.27. The number of rotatable bonds is 2. The maximum absolute atomic E-state index is 11.1. The van der Waals surface area contributed by atoms with Gasteiger partial charge in [-0.2, -0.15) is 0 Å². The molecule has 0 amide bonds. The number of carboxylic acids is 1. The summed E-state index contributed by atoms with van der Waals surface area (Å²) in [6.45, 7) is 1.22. The molecule has 0 radical (unpaired) electrons. The van der Waals surface area contributed by atoms with Crippen LogP contribution in [-0.4, -0.2) is 22.0 Å². The van der Waals surface area contributed by atoms with Crippen LogP contribution >= 0.6 is 0 Å². The number of aromatic nitrogens is 1. The minimum atomic E-state index is -1.13. The Labute approximate surface area is 90.6 Å². The third-order valence-corrected chi connectivity index (χ3v) is 2.13. The Hall–Kier alpha value is -2.30. The molecule has 0 atom stereocenters. The molecule has 0 aliphatic rings. The van der Waals surface area contributed by atoms with E-state index in [4.69, 9.17) is 9.84 Å². The van der Waals surface area contributed by atoms with Crippen molar-refractivity contribution in [1.82, 2.24) is 4.98 Å². The molecule has 16 heavy (non-hydrogen) atoms. The zero-order valence-electron chi connectivity index (χ0n) is 8.48. The van der Waals surface area contributed by atoms with Crippen LogP contribution in [0.5, 0.6) is 5.88 Å². The van der Waals surface area contributed by atoms with Crippen LogP contribution in [0.15, 0.2) is 24.3 Å². The first-order chi connectivity index (χ1) is 7.59. The third-order valence-electron chi connectivity index (χ3n) is 2.13. The smallest absolute Gasteiger partial charge is 0.341 e. The fourth-order valence-corrected chi connectivity index (χ4v) is 1.55. The van der Waals surface area contributed by atoms with Gasteiger partial charge in [-0.3, -0.25) is 4.79 Å². The molecule has 5 heteroatoms. The van der Waals surface area contributed by atoms with Gasteiger partial charge in [0, 0.05) is 17.8 Å². The molecular weight excluding hydrogens is 210 g/mol. The van der Waals surface area contributed by atoms with Crippen molar-refractivity contribution in [3.8, 4) is 5.88 Å². The number of hydrogen-bond donors (Lipinski definition) is 2. The Bertz CT molecular complexity index is 570. The van der Waals surface area contributed by atoms with E-state index in [0.717, 1.165) is 0 Å². The molecule has 1 heterocycles. The lowest BCUT2D eigenvalue weighted by Gasteiger charge is -1.98. The number of aromatic amines is 1. The molecule has 0 unspecified atom stereocenters. The minimum absolute atomic E-state index is 0.0224. The van der Waals surface area contributed by atoms with Crippen LogP contribution in [0.2, 0.25) is 0 Å². The van der Waals surface area contributed by atoms with Crippen LogP contribution in [0.3, 0.4) is 0 Å². The summed E-state index contributed by atoms with van der Waals surface area (Å²) in [6.07, 6.45) is 0. The summed E-state index contributed by atoms with van der Waals surface area (Å²) in [5.41, 5.74) is 0.599. The predicted molar refractivity (Wildman–Crippen MR) is 56.6 cm³/mol. The largest absolute Gasteiger partial charge is 0.477 e. The van der Waals surface area contributed by atoms with Crippen molar-refractivity contribution in [3.63, 3.8) is 0 Å². The van der Waals surface area contributed by atoms with Crippen molar-refractivity contribution in [2.45, 2.75) is 6.92 Å². The second-order valence-corrected chi connectivity index (χ2v) is 3.27. The number of benzene rings is 1. The first-order valence-electron chi connectivity index (χ1n) is 4.62. The fourth-order valence-electron chi connectivity index (χ4n) is 1.55. The standard InChI is InChI=1S/C11H9NO4/c1-6(13)16-10-9(11(14)15)7-4-2-3-5-8(7)12-10/h2-5,12H,1H3,(H,14,15). The quantitative estimate of drug-likeness (QED) is 0.754. The Kier molecular flexibility index (Phi) is 2.36. The van der Waals surface area contributed by atoms with Crippen molar-refractivity contribution in [2.24, 2.45) is 0 Å². The molecule has 0 saturated carbocycles.